The van der Waals surface area contributed by atoms with Gasteiger partial charge in [-0.1, -0.05) is 0 Å². The van der Waals surface area contributed by atoms with Crippen LogP contribution in [0.4, 0.5) is 4.39 Å². The standard InChI is InChI=1S/C19H13FN2O2/c20-18-8-3-14(12-21)11-16(18)13-24-19(23)15-4-6-17(7-5-15)22-9-1-2-10-22/h1-11H,13H2. The molecule has 0 fully saturated rings. The molecule has 1 heterocycles. The molecule has 2 aromatic carbocycles. The SMILES string of the molecule is N#Cc1ccc(F)c(COC(=O)c2ccc(-n3cccc3)cc2)c1. The van der Waals surface area contributed by atoms with Crippen LogP contribution in [-0.2, 0) is 11.3 Å². The number of carbonyl (C=O) groups excluding carboxylic acids is 1. The van der Waals surface area contributed by atoms with Crippen molar-refractivity contribution in [1.82, 2.24) is 4.57 Å². The number of nitrogens with zero attached hydrogens (tertiary/aromatic N) is 2. The number of hydrogen-bond donors (Lipinski definition) is 0. The zero-order valence-corrected chi connectivity index (χ0v) is 12.6. The predicted octanol–water partition coefficient (Wildman–Crippen LogP) is 3.85. The Bertz CT molecular complexity index is 894. The molecule has 0 radical (unpaired) electrons. The highest BCUT2D eigenvalue weighted by atomic mass is 19.1. The molecule has 0 N–H and O–H groups in total. The molecular formula is C19H13FN2O2. The first-order valence-corrected chi connectivity index (χ1v) is 7.26. The molecule has 0 aliphatic carbocycles. The summed E-state index contributed by atoms with van der Waals surface area (Å²) in [6, 6.07) is 16.6. The van der Waals surface area contributed by atoms with Gasteiger partial charge in [-0.25, -0.2) is 9.18 Å². The van der Waals surface area contributed by atoms with Gasteiger partial charge in [0.1, 0.15) is 12.4 Å². The molecule has 0 saturated heterocycles. The number of esters is 1. The molecule has 0 spiro atoms. The van der Waals surface area contributed by atoms with E-state index in [0.29, 0.717) is 11.1 Å². The van der Waals surface area contributed by atoms with Crippen molar-refractivity contribution in [2.45, 2.75) is 6.61 Å². The van der Waals surface area contributed by atoms with E-state index in [2.05, 4.69) is 0 Å². The third kappa shape index (κ3) is 3.33. The Kier molecular flexibility index (Phi) is 4.39. The summed E-state index contributed by atoms with van der Waals surface area (Å²) in [4.78, 5) is 12.1. The first-order chi connectivity index (χ1) is 11.7. The van der Waals surface area contributed by atoms with E-state index in [0.717, 1.165) is 5.69 Å². The van der Waals surface area contributed by atoms with Crippen molar-refractivity contribution in [2.24, 2.45) is 0 Å². The van der Waals surface area contributed by atoms with Crippen molar-refractivity contribution in [3.63, 3.8) is 0 Å². The van der Waals surface area contributed by atoms with E-state index >= 15 is 0 Å². The van der Waals surface area contributed by atoms with E-state index in [9.17, 15) is 9.18 Å². The minimum Gasteiger partial charge on any atom is -0.457 e. The van der Waals surface area contributed by atoms with Crippen LogP contribution in [0, 0.1) is 17.1 Å². The zero-order chi connectivity index (χ0) is 16.9. The molecule has 0 aliphatic rings. The average Bonchev–Trinajstić information content (AvgIpc) is 3.15. The van der Waals surface area contributed by atoms with Crippen LogP contribution in [-0.4, -0.2) is 10.5 Å². The van der Waals surface area contributed by atoms with Crippen LogP contribution < -0.4 is 0 Å². The van der Waals surface area contributed by atoms with E-state index < -0.39 is 11.8 Å². The van der Waals surface area contributed by atoms with Crippen LogP contribution in [0.3, 0.4) is 0 Å². The van der Waals surface area contributed by atoms with Crippen molar-refractivity contribution in [2.75, 3.05) is 0 Å². The highest BCUT2D eigenvalue weighted by Crippen LogP contribution is 2.14. The topological polar surface area (TPSA) is 55.0 Å². The van der Waals surface area contributed by atoms with Crippen LogP contribution >= 0.6 is 0 Å². The summed E-state index contributed by atoms with van der Waals surface area (Å²) in [5, 5.41) is 8.83. The van der Waals surface area contributed by atoms with Crippen molar-refractivity contribution in [1.29, 1.82) is 5.26 Å². The van der Waals surface area contributed by atoms with Crippen molar-refractivity contribution < 1.29 is 13.9 Å². The number of rotatable bonds is 4. The fraction of sp³-hybridized carbons (Fsp3) is 0.0526. The van der Waals surface area contributed by atoms with Gasteiger partial charge in [0.2, 0.25) is 0 Å². The normalized spacial score (nSPS) is 10.2. The Morgan fingerprint density at radius 1 is 1.12 bits per heavy atom. The highest BCUT2D eigenvalue weighted by molar-refractivity contribution is 5.89. The highest BCUT2D eigenvalue weighted by Gasteiger charge is 2.10. The van der Waals surface area contributed by atoms with Gasteiger partial charge in [-0.15, -0.1) is 0 Å². The molecule has 0 unspecified atom stereocenters. The molecule has 118 valence electrons. The lowest BCUT2D eigenvalue weighted by Gasteiger charge is -2.07. The Balaban J connectivity index is 1.68. The van der Waals surface area contributed by atoms with E-state index in [-0.39, 0.29) is 12.2 Å². The average molecular weight is 320 g/mol. The third-order valence-electron chi connectivity index (χ3n) is 3.54. The lowest BCUT2D eigenvalue weighted by Crippen LogP contribution is -2.06. The number of hydrogen-bond acceptors (Lipinski definition) is 3. The summed E-state index contributed by atoms with van der Waals surface area (Å²) in [6.07, 6.45) is 3.80. The summed E-state index contributed by atoms with van der Waals surface area (Å²) in [5.41, 5.74) is 1.79. The fourth-order valence-electron chi connectivity index (χ4n) is 2.26. The number of benzene rings is 2. The first-order valence-electron chi connectivity index (χ1n) is 7.26. The maximum absolute atomic E-state index is 13.7. The third-order valence-corrected chi connectivity index (χ3v) is 3.54. The Morgan fingerprint density at radius 2 is 1.83 bits per heavy atom. The van der Waals surface area contributed by atoms with Gasteiger partial charge in [0.15, 0.2) is 0 Å². The quantitative estimate of drug-likeness (QED) is 0.686. The summed E-state index contributed by atoms with van der Waals surface area (Å²) in [6.45, 7) is -0.223. The Hall–Kier alpha value is -3.39. The number of aromatic nitrogens is 1. The minimum absolute atomic E-state index is 0.173. The molecule has 1 aromatic heterocycles. The van der Waals surface area contributed by atoms with E-state index in [1.54, 1.807) is 24.3 Å². The summed E-state index contributed by atoms with van der Waals surface area (Å²) >= 11 is 0. The fourth-order valence-corrected chi connectivity index (χ4v) is 2.26. The molecule has 0 bridgehead atoms. The van der Waals surface area contributed by atoms with Gasteiger partial charge in [0, 0.05) is 23.6 Å². The lowest BCUT2D eigenvalue weighted by atomic mass is 10.1. The largest absolute Gasteiger partial charge is 0.457 e. The molecule has 5 heteroatoms. The first kappa shape index (κ1) is 15.5. The van der Waals surface area contributed by atoms with Crippen molar-refractivity contribution >= 4 is 5.97 Å². The van der Waals surface area contributed by atoms with Gasteiger partial charge >= 0.3 is 5.97 Å². The van der Waals surface area contributed by atoms with Crippen molar-refractivity contribution in [3.8, 4) is 11.8 Å². The summed E-state index contributed by atoms with van der Waals surface area (Å²) in [7, 11) is 0. The summed E-state index contributed by atoms with van der Waals surface area (Å²) in [5.74, 6) is -1.06. The smallest absolute Gasteiger partial charge is 0.338 e. The van der Waals surface area contributed by atoms with Gasteiger partial charge in [0.05, 0.1) is 17.2 Å². The lowest BCUT2D eigenvalue weighted by molar-refractivity contribution is 0.0469. The van der Waals surface area contributed by atoms with Crippen LogP contribution in [0.1, 0.15) is 21.5 Å². The van der Waals surface area contributed by atoms with E-state index in [1.165, 1.54) is 18.2 Å². The number of carbonyl (C=O) groups is 1. The van der Waals surface area contributed by atoms with Gasteiger partial charge in [0.25, 0.3) is 0 Å². The number of ether oxygens (including phenoxy) is 1. The summed E-state index contributed by atoms with van der Waals surface area (Å²) < 4.78 is 20.7. The molecule has 4 nitrogen and oxygen atoms in total. The van der Waals surface area contributed by atoms with Gasteiger partial charge < -0.3 is 9.30 Å². The molecule has 3 rings (SSSR count). The molecule has 0 amide bonds. The van der Waals surface area contributed by atoms with E-state index in [4.69, 9.17) is 10.00 Å². The van der Waals surface area contributed by atoms with Crippen LogP contribution in [0.5, 0.6) is 0 Å². The van der Waals surface area contributed by atoms with Gasteiger partial charge in [-0.2, -0.15) is 5.26 Å². The van der Waals surface area contributed by atoms with Crippen LogP contribution in [0.15, 0.2) is 67.0 Å². The Morgan fingerprint density at radius 3 is 2.50 bits per heavy atom. The van der Waals surface area contributed by atoms with Crippen LogP contribution in [0.2, 0.25) is 0 Å². The maximum atomic E-state index is 13.7. The van der Waals surface area contributed by atoms with Gasteiger partial charge in [-0.3, -0.25) is 0 Å². The Labute approximate surface area is 138 Å². The second-order valence-corrected chi connectivity index (χ2v) is 5.13. The molecule has 0 atom stereocenters. The predicted molar refractivity (Wildman–Crippen MR) is 86.0 cm³/mol. The maximum Gasteiger partial charge on any atom is 0.338 e. The zero-order valence-electron chi connectivity index (χ0n) is 12.6. The second kappa shape index (κ2) is 6.80. The molecular weight excluding hydrogens is 307 g/mol. The molecule has 0 saturated carbocycles. The molecule has 24 heavy (non-hydrogen) atoms. The second-order valence-electron chi connectivity index (χ2n) is 5.13. The monoisotopic (exact) mass is 320 g/mol. The minimum atomic E-state index is -0.546. The van der Waals surface area contributed by atoms with Crippen LogP contribution in [0.25, 0.3) is 5.69 Å². The molecule has 3 aromatic rings. The van der Waals surface area contributed by atoms with Gasteiger partial charge in [-0.05, 0) is 54.6 Å². The van der Waals surface area contributed by atoms with E-state index in [1.807, 2.05) is 35.2 Å². The number of nitriles is 1. The van der Waals surface area contributed by atoms with Crippen molar-refractivity contribution in [3.05, 3.63) is 89.5 Å². The molecule has 0 aliphatic heterocycles. The number of halogens is 1.